The topological polar surface area (TPSA) is 85.4 Å². The summed E-state index contributed by atoms with van der Waals surface area (Å²) in [7, 11) is -3.45. The molecule has 0 saturated carbocycles. The number of aryl methyl sites for hydroxylation is 1. The van der Waals surface area contributed by atoms with Crippen LogP contribution >= 0.6 is 11.3 Å². The normalized spacial score (nSPS) is 11.2. The van der Waals surface area contributed by atoms with Crippen LogP contribution < -0.4 is 10.1 Å². The Labute approximate surface area is 168 Å². The molecule has 0 aliphatic heterocycles. The van der Waals surface area contributed by atoms with Crippen LogP contribution in [0.15, 0.2) is 58.8 Å². The van der Waals surface area contributed by atoms with E-state index in [4.69, 9.17) is 4.74 Å². The van der Waals surface area contributed by atoms with Gasteiger partial charge in [-0.1, -0.05) is 25.1 Å². The SMILES string of the molecule is CCS(=O)(=O)c1ccccc1NC(=O)c1cccc(OCc2csc(C)n2)c1. The van der Waals surface area contributed by atoms with Crippen molar-refractivity contribution in [2.75, 3.05) is 11.1 Å². The number of thiazole rings is 1. The van der Waals surface area contributed by atoms with Crippen molar-refractivity contribution in [3.05, 3.63) is 70.2 Å². The maximum absolute atomic E-state index is 12.6. The Morgan fingerprint density at radius 3 is 2.68 bits per heavy atom. The van der Waals surface area contributed by atoms with Gasteiger partial charge in [-0.25, -0.2) is 13.4 Å². The van der Waals surface area contributed by atoms with Crippen LogP contribution in [-0.4, -0.2) is 25.1 Å². The van der Waals surface area contributed by atoms with Gasteiger partial charge in [0.05, 0.1) is 27.0 Å². The van der Waals surface area contributed by atoms with E-state index in [2.05, 4.69) is 10.3 Å². The number of nitrogens with one attached hydrogen (secondary N) is 1. The highest BCUT2D eigenvalue weighted by Crippen LogP contribution is 2.23. The third kappa shape index (κ3) is 4.76. The van der Waals surface area contributed by atoms with Crippen molar-refractivity contribution >= 4 is 32.8 Å². The first kappa shape index (κ1) is 20.0. The number of benzene rings is 2. The molecule has 0 saturated heterocycles. The summed E-state index contributed by atoms with van der Waals surface area (Å²) >= 11 is 1.55. The maximum atomic E-state index is 12.6. The molecule has 8 heteroatoms. The van der Waals surface area contributed by atoms with Crippen LogP contribution in [0.25, 0.3) is 0 Å². The van der Waals surface area contributed by atoms with Gasteiger partial charge in [-0.3, -0.25) is 4.79 Å². The third-order valence-corrected chi connectivity index (χ3v) is 6.61. The fourth-order valence-corrected chi connectivity index (χ4v) is 4.20. The summed E-state index contributed by atoms with van der Waals surface area (Å²) in [5.41, 5.74) is 1.46. The zero-order valence-corrected chi connectivity index (χ0v) is 17.1. The van der Waals surface area contributed by atoms with E-state index in [-0.39, 0.29) is 16.3 Å². The number of anilines is 1. The first-order valence-electron chi connectivity index (χ1n) is 8.66. The van der Waals surface area contributed by atoms with Crippen LogP contribution in [0.2, 0.25) is 0 Å². The Balaban J connectivity index is 1.75. The zero-order chi connectivity index (χ0) is 20.1. The Hall–Kier alpha value is -2.71. The summed E-state index contributed by atoms with van der Waals surface area (Å²) < 4.78 is 30.2. The van der Waals surface area contributed by atoms with Gasteiger partial charge in [-0.2, -0.15) is 0 Å². The molecule has 1 heterocycles. The lowest BCUT2D eigenvalue weighted by molar-refractivity contribution is 0.102. The monoisotopic (exact) mass is 416 g/mol. The molecule has 0 spiro atoms. The molecule has 0 aliphatic carbocycles. The molecule has 3 aromatic rings. The zero-order valence-electron chi connectivity index (χ0n) is 15.5. The van der Waals surface area contributed by atoms with E-state index in [9.17, 15) is 13.2 Å². The number of amides is 1. The summed E-state index contributed by atoms with van der Waals surface area (Å²) in [6.07, 6.45) is 0. The first-order chi connectivity index (χ1) is 13.4. The molecule has 0 aliphatic rings. The van der Waals surface area contributed by atoms with Gasteiger partial charge in [-0.05, 0) is 37.3 Å². The number of hydrogen-bond donors (Lipinski definition) is 1. The molecule has 2 aromatic carbocycles. The van der Waals surface area contributed by atoms with E-state index in [0.717, 1.165) is 10.7 Å². The number of carbonyl (C=O) groups excluding carboxylic acids is 1. The lowest BCUT2D eigenvalue weighted by Gasteiger charge is -2.11. The second kappa shape index (κ2) is 8.53. The highest BCUT2D eigenvalue weighted by molar-refractivity contribution is 7.91. The number of nitrogens with zero attached hydrogens (tertiary/aromatic N) is 1. The molecule has 6 nitrogen and oxygen atoms in total. The van der Waals surface area contributed by atoms with Gasteiger partial charge in [-0.15, -0.1) is 11.3 Å². The van der Waals surface area contributed by atoms with E-state index in [1.54, 1.807) is 60.7 Å². The van der Waals surface area contributed by atoms with Crippen molar-refractivity contribution in [1.29, 1.82) is 0 Å². The lowest BCUT2D eigenvalue weighted by Crippen LogP contribution is -2.15. The van der Waals surface area contributed by atoms with Crippen LogP contribution in [0.4, 0.5) is 5.69 Å². The highest BCUT2D eigenvalue weighted by atomic mass is 32.2. The molecule has 28 heavy (non-hydrogen) atoms. The van der Waals surface area contributed by atoms with Gasteiger partial charge in [0.1, 0.15) is 12.4 Å². The molecular formula is C20H20N2O4S2. The number of ether oxygens (including phenoxy) is 1. The predicted octanol–water partition coefficient (Wildman–Crippen LogP) is 4.08. The second-order valence-electron chi connectivity index (χ2n) is 6.03. The van der Waals surface area contributed by atoms with Gasteiger partial charge in [0.15, 0.2) is 9.84 Å². The number of carbonyl (C=O) groups is 1. The Morgan fingerprint density at radius 2 is 1.96 bits per heavy atom. The minimum absolute atomic E-state index is 0.0424. The molecule has 1 amide bonds. The van der Waals surface area contributed by atoms with Crippen LogP contribution in [-0.2, 0) is 16.4 Å². The molecule has 0 unspecified atom stereocenters. The Kier molecular flexibility index (Phi) is 6.11. The number of para-hydroxylation sites is 1. The minimum atomic E-state index is -3.45. The smallest absolute Gasteiger partial charge is 0.255 e. The van der Waals surface area contributed by atoms with Crippen molar-refractivity contribution in [3.8, 4) is 5.75 Å². The van der Waals surface area contributed by atoms with Gasteiger partial charge < -0.3 is 10.1 Å². The average molecular weight is 417 g/mol. The summed E-state index contributed by atoms with van der Waals surface area (Å²) in [4.78, 5) is 17.1. The Morgan fingerprint density at radius 1 is 1.18 bits per heavy atom. The molecule has 1 N–H and O–H groups in total. The molecular weight excluding hydrogens is 396 g/mol. The quantitative estimate of drug-likeness (QED) is 0.627. The van der Waals surface area contributed by atoms with Crippen molar-refractivity contribution in [1.82, 2.24) is 4.98 Å². The van der Waals surface area contributed by atoms with Crippen LogP contribution in [0, 0.1) is 6.92 Å². The fourth-order valence-electron chi connectivity index (χ4n) is 2.55. The minimum Gasteiger partial charge on any atom is -0.487 e. The van der Waals surface area contributed by atoms with E-state index in [0.29, 0.717) is 17.9 Å². The summed E-state index contributed by atoms with van der Waals surface area (Å²) in [6.45, 7) is 3.81. The second-order valence-corrected chi connectivity index (χ2v) is 9.34. The molecule has 1 aromatic heterocycles. The van der Waals surface area contributed by atoms with Crippen molar-refractivity contribution in [2.24, 2.45) is 0 Å². The van der Waals surface area contributed by atoms with Crippen molar-refractivity contribution in [3.63, 3.8) is 0 Å². The first-order valence-corrected chi connectivity index (χ1v) is 11.2. The lowest BCUT2D eigenvalue weighted by atomic mass is 10.2. The van der Waals surface area contributed by atoms with Gasteiger partial charge in [0, 0.05) is 10.9 Å². The van der Waals surface area contributed by atoms with Crippen LogP contribution in [0.1, 0.15) is 28.0 Å². The summed E-state index contributed by atoms with van der Waals surface area (Å²) in [5, 5.41) is 5.58. The molecule has 0 fully saturated rings. The van der Waals surface area contributed by atoms with Crippen molar-refractivity contribution < 1.29 is 17.9 Å². The van der Waals surface area contributed by atoms with Gasteiger partial charge in [0.25, 0.3) is 5.91 Å². The molecule has 0 radical (unpaired) electrons. The largest absolute Gasteiger partial charge is 0.487 e. The summed E-state index contributed by atoms with van der Waals surface area (Å²) in [6, 6.07) is 13.1. The highest BCUT2D eigenvalue weighted by Gasteiger charge is 2.18. The predicted molar refractivity (Wildman–Crippen MR) is 110 cm³/mol. The van der Waals surface area contributed by atoms with E-state index < -0.39 is 15.7 Å². The molecule has 146 valence electrons. The number of aromatic nitrogens is 1. The summed E-state index contributed by atoms with van der Waals surface area (Å²) in [5.74, 6) is 0.0840. The third-order valence-electron chi connectivity index (χ3n) is 4.00. The molecule has 0 bridgehead atoms. The van der Waals surface area contributed by atoms with Crippen molar-refractivity contribution in [2.45, 2.75) is 25.3 Å². The maximum Gasteiger partial charge on any atom is 0.255 e. The number of rotatable bonds is 7. The average Bonchev–Trinajstić information content (AvgIpc) is 3.12. The standard InChI is InChI=1S/C20H20N2O4S2/c1-3-28(24,25)19-10-5-4-9-18(19)22-20(23)15-7-6-8-17(11-15)26-12-16-13-27-14(2)21-16/h4-11,13H,3,12H2,1-2H3,(H,22,23). The Bertz CT molecular complexity index is 1090. The van der Waals surface area contributed by atoms with E-state index in [1.165, 1.54) is 6.07 Å². The van der Waals surface area contributed by atoms with E-state index >= 15 is 0 Å². The molecule has 3 rings (SSSR count). The van der Waals surface area contributed by atoms with Gasteiger partial charge >= 0.3 is 0 Å². The van der Waals surface area contributed by atoms with E-state index in [1.807, 2.05) is 12.3 Å². The molecule has 0 atom stereocenters. The van der Waals surface area contributed by atoms with Crippen LogP contribution in [0.3, 0.4) is 0 Å². The van der Waals surface area contributed by atoms with Gasteiger partial charge in [0.2, 0.25) is 0 Å². The fraction of sp³-hybridized carbons (Fsp3) is 0.200. The number of hydrogen-bond acceptors (Lipinski definition) is 6. The number of sulfone groups is 1. The van der Waals surface area contributed by atoms with Crippen LogP contribution in [0.5, 0.6) is 5.75 Å².